The molecule has 1 aromatic carbocycles. The van der Waals surface area contributed by atoms with Crippen LogP contribution in [0.4, 0.5) is 0 Å². The lowest BCUT2D eigenvalue weighted by Crippen LogP contribution is -2.42. The SMILES string of the molecule is CCCC(NC(=O)COc1ccc(Cl)c(Cl)c1)C(=O)O. The Morgan fingerprint density at radius 1 is 1.35 bits per heavy atom. The molecule has 0 bridgehead atoms. The number of halogens is 2. The molecule has 0 radical (unpaired) electrons. The largest absolute Gasteiger partial charge is 0.484 e. The first kappa shape index (κ1) is 16.6. The molecule has 1 unspecified atom stereocenters. The van der Waals surface area contributed by atoms with E-state index in [9.17, 15) is 9.59 Å². The normalized spacial score (nSPS) is 11.8. The molecule has 1 rings (SSSR count). The van der Waals surface area contributed by atoms with E-state index in [4.69, 9.17) is 33.0 Å². The Bertz CT molecular complexity index is 493. The minimum absolute atomic E-state index is 0.286. The summed E-state index contributed by atoms with van der Waals surface area (Å²) < 4.78 is 5.21. The molecule has 2 N–H and O–H groups in total. The van der Waals surface area contributed by atoms with Gasteiger partial charge in [-0.15, -0.1) is 0 Å². The first-order valence-electron chi connectivity index (χ1n) is 6.04. The Labute approximate surface area is 126 Å². The van der Waals surface area contributed by atoms with Crippen molar-refractivity contribution >= 4 is 35.1 Å². The molecule has 1 aromatic rings. The number of nitrogens with one attached hydrogen (secondary N) is 1. The summed E-state index contributed by atoms with van der Waals surface area (Å²) in [6.45, 7) is 1.56. The molecule has 0 aliphatic carbocycles. The molecule has 0 aliphatic heterocycles. The number of aliphatic carboxylic acids is 1. The van der Waals surface area contributed by atoms with E-state index in [1.54, 1.807) is 12.1 Å². The van der Waals surface area contributed by atoms with Gasteiger partial charge in [0.05, 0.1) is 10.0 Å². The summed E-state index contributed by atoms with van der Waals surface area (Å²) in [5.41, 5.74) is 0. The number of rotatable bonds is 7. The molecule has 0 aromatic heterocycles. The Morgan fingerprint density at radius 3 is 2.60 bits per heavy atom. The third-order valence-corrected chi connectivity index (χ3v) is 3.21. The van der Waals surface area contributed by atoms with Gasteiger partial charge in [0, 0.05) is 6.07 Å². The Hall–Kier alpha value is -1.46. The van der Waals surface area contributed by atoms with Gasteiger partial charge in [-0.1, -0.05) is 36.5 Å². The molecule has 5 nitrogen and oxygen atoms in total. The van der Waals surface area contributed by atoms with E-state index in [1.807, 2.05) is 6.92 Å². The molecular formula is C13H15Cl2NO4. The maximum absolute atomic E-state index is 11.6. The zero-order valence-corrected chi connectivity index (χ0v) is 12.4. The predicted octanol–water partition coefficient (Wildman–Crippen LogP) is 2.74. The van der Waals surface area contributed by atoms with Crippen LogP contribution < -0.4 is 10.1 Å². The number of carboxylic acids is 1. The minimum atomic E-state index is -1.06. The van der Waals surface area contributed by atoms with Gasteiger partial charge in [-0.3, -0.25) is 4.79 Å². The zero-order valence-electron chi connectivity index (χ0n) is 10.9. The fraction of sp³-hybridized carbons (Fsp3) is 0.385. The van der Waals surface area contributed by atoms with E-state index in [1.165, 1.54) is 6.07 Å². The number of hydrogen-bond donors (Lipinski definition) is 2. The Morgan fingerprint density at radius 2 is 2.05 bits per heavy atom. The number of ether oxygens (including phenoxy) is 1. The highest BCUT2D eigenvalue weighted by atomic mass is 35.5. The maximum Gasteiger partial charge on any atom is 0.326 e. The van der Waals surface area contributed by atoms with Crippen LogP contribution in [0.2, 0.25) is 10.0 Å². The monoisotopic (exact) mass is 319 g/mol. The van der Waals surface area contributed by atoms with Crippen LogP contribution in [0.15, 0.2) is 18.2 Å². The summed E-state index contributed by atoms with van der Waals surface area (Å²) in [5.74, 6) is -1.18. The average Bonchev–Trinajstić information content (AvgIpc) is 2.39. The van der Waals surface area contributed by atoms with Gasteiger partial charge in [0.2, 0.25) is 0 Å². The first-order chi connectivity index (χ1) is 9.43. The van der Waals surface area contributed by atoms with Gasteiger partial charge in [0.25, 0.3) is 5.91 Å². The van der Waals surface area contributed by atoms with E-state index in [-0.39, 0.29) is 6.61 Å². The topological polar surface area (TPSA) is 75.6 Å². The number of carbonyl (C=O) groups excluding carboxylic acids is 1. The van der Waals surface area contributed by atoms with Crippen molar-refractivity contribution in [1.82, 2.24) is 5.32 Å². The Kier molecular flexibility index (Phi) is 6.61. The van der Waals surface area contributed by atoms with Gasteiger partial charge in [-0.25, -0.2) is 4.79 Å². The van der Waals surface area contributed by atoms with E-state index in [0.29, 0.717) is 28.6 Å². The standard InChI is InChI=1S/C13H15Cl2NO4/c1-2-3-11(13(18)19)16-12(17)7-20-8-4-5-9(14)10(15)6-8/h4-6,11H,2-3,7H2,1H3,(H,16,17)(H,18,19). The van der Waals surface area contributed by atoms with Gasteiger partial charge < -0.3 is 15.2 Å². The van der Waals surface area contributed by atoms with Gasteiger partial charge in [-0.05, 0) is 18.6 Å². The van der Waals surface area contributed by atoms with Gasteiger partial charge >= 0.3 is 5.97 Å². The lowest BCUT2D eigenvalue weighted by Gasteiger charge is -2.14. The van der Waals surface area contributed by atoms with Crippen molar-refractivity contribution in [3.05, 3.63) is 28.2 Å². The molecule has 0 heterocycles. The summed E-state index contributed by atoms with van der Waals surface area (Å²) in [5, 5.41) is 12.0. The second-order valence-corrected chi connectivity index (χ2v) is 4.93. The molecule has 0 saturated heterocycles. The van der Waals surface area contributed by atoms with Crippen LogP contribution in [0.3, 0.4) is 0 Å². The number of benzene rings is 1. The molecule has 0 spiro atoms. The number of hydrogen-bond acceptors (Lipinski definition) is 3. The average molecular weight is 320 g/mol. The number of amides is 1. The van der Waals surface area contributed by atoms with Crippen molar-refractivity contribution in [3.8, 4) is 5.75 Å². The molecule has 0 aliphatic rings. The van der Waals surface area contributed by atoms with Gasteiger partial charge in [-0.2, -0.15) is 0 Å². The molecule has 110 valence electrons. The summed E-state index contributed by atoms with van der Waals surface area (Å²) in [6, 6.07) is 3.71. The van der Waals surface area contributed by atoms with Gasteiger partial charge in [0.15, 0.2) is 6.61 Å². The maximum atomic E-state index is 11.6. The van der Waals surface area contributed by atoms with E-state index >= 15 is 0 Å². The number of carboxylic acid groups (broad SMARTS) is 1. The molecule has 1 amide bonds. The van der Waals surface area contributed by atoms with Crippen LogP contribution in [0, 0.1) is 0 Å². The van der Waals surface area contributed by atoms with E-state index in [2.05, 4.69) is 5.32 Å². The van der Waals surface area contributed by atoms with Crippen molar-refractivity contribution < 1.29 is 19.4 Å². The number of carbonyl (C=O) groups is 2. The molecule has 1 atom stereocenters. The zero-order chi connectivity index (χ0) is 15.1. The van der Waals surface area contributed by atoms with Crippen LogP contribution in [-0.2, 0) is 9.59 Å². The van der Waals surface area contributed by atoms with Crippen molar-refractivity contribution in [2.75, 3.05) is 6.61 Å². The van der Waals surface area contributed by atoms with Gasteiger partial charge in [0.1, 0.15) is 11.8 Å². The molecule has 20 heavy (non-hydrogen) atoms. The summed E-state index contributed by atoms with van der Waals surface area (Å²) >= 11 is 11.6. The molecule has 0 saturated carbocycles. The van der Waals surface area contributed by atoms with Crippen LogP contribution >= 0.6 is 23.2 Å². The summed E-state index contributed by atoms with van der Waals surface area (Å²) in [7, 11) is 0. The van der Waals surface area contributed by atoms with Crippen LogP contribution in [0.5, 0.6) is 5.75 Å². The quantitative estimate of drug-likeness (QED) is 0.810. The van der Waals surface area contributed by atoms with Crippen molar-refractivity contribution in [2.24, 2.45) is 0 Å². The fourth-order valence-electron chi connectivity index (χ4n) is 1.50. The fourth-order valence-corrected chi connectivity index (χ4v) is 1.79. The smallest absolute Gasteiger partial charge is 0.326 e. The highest BCUT2D eigenvalue weighted by Crippen LogP contribution is 2.26. The van der Waals surface area contributed by atoms with Crippen LogP contribution in [0.1, 0.15) is 19.8 Å². The second-order valence-electron chi connectivity index (χ2n) is 4.11. The molecular weight excluding hydrogens is 305 g/mol. The van der Waals surface area contributed by atoms with E-state index < -0.39 is 17.9 Å². The van der Waals surface area contributed by atoms with E-state index in [0.717, 1.165) is 0 Å². The third-order valence-electron chi connectivity index (χ3n) is 2.47. The predicted molar refractivity (Wildman–Crippen MR) is 76.4 cm³/mol. The highest BCUT2D eigenvalue weighted by molar-refractivity contribution is 6.42. The minimum Gasteiger partial charge on any atom is -0.484 e. The van der Waals surface area contributed by atoms with Crippen molar-refractivity contribution in [2.45, 2.75) is 25.8 Å². The van der Waals surface area contributed by atoms with Crippen LogP contribution in [0.25, 0.3) is 0 Å². The highest BCUT2D eigenvalue weighted by Gasteiger charge is 2.18. The second kappa shape index (κ2) is 7.97. The summed E-state index contributed by atoms with van der Waals surface area (Å²) in [4.78, 5) is 22.5. The Balaban J connectivity index is 2.50. The molecule has 0 fully saturated rings. The third kappa shape index (κ3) is 5.27. The lowest BCUT2D eigenvalue weighted by atomic mass is 10.2. The lowest BCUT2D eigenvalue weighted by molar-refractivity contribution is -0.142. The van der Waals surface area contributed by atoms with Crippen molar-refractivity contribution in [1.29, 1.82) is 0 Å². The summed E-state index contributed by atoms with van der Waals surface area (Å²) in [6.07, 6.45) is 1.03. The molecule has 7 heteroatoms. The van der Waals surface area contributed by atoms with Crippen LogP contribution in [-0.4, -0.2) is 29.6 Å². The van der Waals surface area contributed by atoms with Crippen molar-refractivity contribution in [3.63, 3.8) is 0 Å². The first-order valence-corrected chi connectivity index (χ1v) is 6.79.